The number of carbonyl (C=O) groups excluding carboxylic acids is 3. The van der Waals surface area contributed by atoms with E-state index in [1.54, 1.807) is 41.9 Å². The summed E-state index contributed by atoms with van der Waals surface area (Å²) in [5.74, 6) is 1.34. The number of Topliss-reactive ketones (excluding diaryl/α,β-unsaturated/α-hetero) is 1. The Kier molecular flexibility index (Phi) is 17.2. The third-order valence-electron chi connectivity index (χ3n) is 11.6. The number of ether oxygens (including phenoxy) is 6. The number of amides is 2. The van der Waals surface area contributed by atoms with Crippen molar-refractivity contribution in [2.75, 3.05) is 59.9 Å². The van der Waals surface area contributed by atoms with Crippen LogP contribution in [0.3, 0.4) is 0 Å². The van der Waals surface area contributed by atoms with Gasteiger partial charge in [0.15, 0.2) is 11.5 Å². The molecule has 0 unspecified atom stereocenters. The van der Waals surface area contributed by atoms with Crippen LogP contribution in [0.1, 0.15) is 44.9 Å². The summed E-state index contributed by atoms with van der Waals surface area (Å²) >= 11 is 3.16. The third-order valence-corrected chi connectivity index (χ3v) is 13.8. The first-order valence-corrected chi connectivity index (χ1v) is 24.3. The molecule has 3 atom stereocenters. The smallest absolute Gasteiger partial charge is 0.243 e. The molecular formula is C52H59N3O11S2. The van der Waals surface area contributed by atoms with Gasteiger partial charge in [-0.3, -0.25) is 14.4 Å². The van der Waals surface area contributed by atoms with Crippen LogP contribution in [0, 0.1) is 18.3 Å². The van der Waals surface area contributed by atoms with Crippen molar-refractivity contribution in [3.8, 4) is 49.6 Å². The molecule has 0 radical (unpaired) electrons. The van der Waals surface area contributed by atoms with Crippen molar-refractivity contribution in [3.05, 3.63) is 108 Å². The van der Waals surface area contributed by atoms with E-state index in [1.807, 2.05) is 112 Å². The van der Waals surface area contributed by atoms with Crippen molar-refractivity contribution < 1.29 is 53.0 Å². The number of thiazole rings is 1. The van der Waals surface area contributed by atoms with E-state index in [-0.39, 0.29) is 69.1 Å². The number of fused-ring (bicyclic) bond motifs is 1. The number of ketones is 1. The number of phenols is 1. The number of aromatic hydroxyl groups is 1. The van der Waals surface area contributed by atoms with Gasteiger partial charge in [0.2, 0.25) is 11.8 Å². The van der Waals surface area contributed by atoms with Crippen LogP contribution in [-0.4, -0.2) is 110 Å². The number of benzene rings is 4. The van der Waals surface area contributed by atoms with Crippen LogP contribution in [0.4, 0.5) is 0 Å². The second kappa shape index (κ2) is 23.4. The number of likely N-dealkylation sites (tertiary alicyclic amines) is 1. The molecule has 3 N–H and O–H groups in total. The summed E-state index contributed by atoms with van der Waals surface area (Å²) < 4.78 is 35.6. The number of thiophene rings is 1. The van der Waals surface area contributed by atoms with Crippen molar-refractivity contribution in [2.24, 2.45) is 11.3 Å². The van der Waals surface area contributed by atoms with E-state index in [0.29, 0.717) is 37.9 Å². The van der Waals surface area contributed by atoms with E-state index in [1.165, 1.54) is 4.90 Å². The molecule has 2 amide bonds. The number of hydrogen-bond donors (Lipinski definition) is 3. The summed E-state index contributed by atoms with van der Waals surface area (Å²) in [7, 11) is 1.64. The zero-order valence-electron chi connectivity index (χ0n) is 39.0. The van der Waals surface area contributed by atoms with Crippen molar-refractivity contribution in [2.45, 2.75) is 59.2 Å². The molecule has 1 aliphatic rings. The minimum atomic E-state index is -0.848. The Balaban J connectivity index is 0.774. The fraction of sp³-hybridized carbons (Fsp3) is 0.385. The molecule has 1 saturated heterocycles. The zero-order valence-corrected chi connectivity index (χ0v) is 40.7. The topological polar surface area (TPSA) is 175 Å². The number of methoxy groups -OCH3 is 1. The first kappa shape index (κ1) is 50.0. The van der Waals surface area contributed by atoms with Gasteiger partial charge in [-0.15, -0.1) is 22.7 Å². The summed E-state index contributed by atoms with van der Waals surface area (Å²) in [6.45, 7) is 9.56. The fourth-order valence-corrected chi connectivity index (χ4v) is 9.84. The summed E-state index contributed by atoms with van der Waals surface area (Å²) in [5, 5.41) is 24.3. The molecule has 2 aromatic heterocycles. The molecular weight excluding hydrogens is 907 g/mol. The Morgan fingerprint density at radius 3 is 2.12 bits per heavy atom. The lowest BCUT2D eigenvalue weighted by atomic mass is 9.77. The largest absolute Gasteiger partial charge is 0.508 e. The van der Waals surface area contributed by atoms with Gasteiger partial charge in [-0.25, -0.2) is 4.98 Å². The number of nitrogens with zero attached hydrogens (tertiary/aromatic N) is 2. The first-order valence-electron chi connectivity index (χ1n) is 22.6. The maximum absolute atomic E-state index is 14.0. The Morgan fingerprint density at radius 2 is 1.46 bits per heavy atom. The molecule has 1 aliphatic heterocycles. The van der Waals surface area contributed by atoms with Crippen LogP contribution in [0.2, 0.25) is 0 Å². The van der Waals surface area contributed by atoms with Gasteiger partial charge in [0.25, 0.3) is 0 Å². The van der Waals surface area contributed by atoms with E-state index in [2.05, 4.69) is 10.3 Å². The minimum Gasteiger partial charge on any atom is -0.508 e. The maximum atomic E-state index is 14.0. The molecule has 360 valence electrons. The highest BCUT2D eigenvalue weighted by molar-refractivity contribution is 7.22. The maximum Gasteiger partial charge on any atom is 0.243 e. The molecule has 7 rings (SSSR count). The van der Waals surface area contributed by atoms with Crippen molar-refractivity contribution in [3.63, 3.8) is 0 Å². The number of hydrogen-bond acceptors (Lipinski definition) is 14. The SMILES string of the molecule is COc1ccc2c(Oc3ccc(OCCOCCOCCOCC(=O)C[C@H](C(=O)N4C[C@H](O)C[C@H]4C(=O)NCc4ccc(-c5scnc5C)cc4)C(C)(C)C)cc3)c(-c3ccc(O)cc3)sc2c1. The third kappa shape index (κ3) is 13.2. The molecule has 68 heavy (non-hydrogen) atoms. The first-order chi connectivity index (χ1) is 32.8. The molecule has 16 heteroatoms. The van der Waals surface area contributed by atoms with Crippen molar-refractivity contribution in [1.29, 1.82) is 0 Å². The molecule has 4 aromatic carbocycles. The minimum absolute atomic E-state index is 0.0205. The number of β-amino-alcohol motifs (C(OH)–C–C–N with tert-alkyl or cyclic N) is 1. The van der Waals surface area contributed by atoms with Gasteiger partial charge in [-0.05, 0) is 95.8 Å². The monoisotopic (exact) mass is 965 g/mol. The number of aromatic nitrogens is 1. The van der Waals surface area contributed by atoms with Gasteiger partial charge in [0.1, 0.15) is 42.3 Å². The fourth-order valence-electron chi connectivity index (χ4n) is 7.87. The number of aryl methyl sites for hydroxylation is 1. The average Bonchev–Trinajstić information content (AvgIpc) is 4.05. The predicted molar refractivity (Wildman–Crippen MR) is 263 cm³/mol. The predicted octanol–water partition coefficient (Wildman–Crippen LogP) is 8.84. The highest BCUT2D eigenvalue weighted by atomic mass is 32.1. The van der Waals surface area contributed by atoms with E-state index < -0.39 is 23.5 Å². The number of nitrogens with one attached hydrogen (secondary N) is 1. The highest BCUT2D eigenvalue weighted by Crippen LogP contribution is 2.47. The molecule has 6 aromatic rings. The summed E-state index contributed by atoms with van der Waals surface area (Å²) in [6, 6.07) is 27.3. The normalized spacial score (nSPS) is 15.4. The average molecular weight is 966 g/mol. The number of carbonyl (C=O) groups is 3. The lowest BCUT2D eigenvalue weighted by Gasteiger charge is -2.34. The van der Waals surface area contributed by atoms with Crippen molar-refractivity contribution >= 4 is 50.4 Å². The summed E-state index contributed by atoms with van der Waals surface area (Å²) in [6.07, 6.45) is -0.785. The van der Waals surface area contributed by atoms with Crippen molar-refractivity contribution in [1.82, 2.24) is 15.2 Å². The lowest BCUT2D eigenvalue weighted by Crippen LogP contribution is -2.50. The zero-order chi connectivity index (χ0) is 48.2. The number of aliphatic hydroxyl groups is 1. The van der Waals surface area contributed by atoms with Crippen LogP contribution in [0.15, 0.2) is 96.5 Å². The Hall–Kier alpha value is -5.88. The Bertz CT molecular complexity index is 2610. The quantitative estimate of drug-likeness (QED) is 0.0522. The van der Waals surface area contributed by atoms with E-state index in [9.17, 15) is 24.6 Å². The van der Waals surface area contributed by atoms with Crippen LogP contribution in [0.25, 0.3) is 31.0 Å². The van der Waals surface area contributed by atoms with Gasteiger partial charge >= 0.3 is 0 Å². The van der Waals surface area contributed by atoms with Crippen LogP contribution in [-0.2, 0) is 35.1 Å². The molecule has 3 heterocycles. The van der Waals surface area contributed by atoms with E-state index >= 15 is 0 Å². The van der Waals surface area contributed by atoms with Gasteiger partial charge < -0.3 is 48.9 Å². The second-order valence-corrected chi connectivity index (χ2v) is 19.5. The van der Waals surface area contributed by atoms with E-state index in [4.69, 9.17) is 28.4 Å². The number of aliphatic hydroxyl groups excluding tert-OH is 1. The van der Waals surface area contributed by atoms with Crippen LogP contribution < -0.4 is 19.5 Å². The second-order valence-electron chi connectivity index (χ2n) is 17.6. The number of rotatable bonds is 23. The molecule has 0 saturated carbocycles. The standard InChI is InChI=1S/C52H59N3O11S2/c1-33-48(67-32-54-33)35-8-6-34(7-9-35)29-53-50(59)45-27-38(57)30-55(45)51(60)44(52(2,3)4)26-39(58)31-64-23-22-62-20-21-63-24-25-65-40-14-16-41(17-15-40)66-47-43-19-18-42(61-5)28-46(43)68-49(47)36-10-12-37(56)13-11-36/h6-19,28,32,38,44-45,56-57H,20-27,29-31H2,1-5H3,(H,53,59)/t38-,44-,45+/m1/s1. The number of phenolic OH excluding ortho intramolecular Hbond substituents is 1. The highest BCUT2D eigenvalue weighted by Gasteiger charge is 2.44. The molecule has 1 fully saturated rings. The van der Waals surface area contributed by atoms with E-state index in [0.717, 1.165) is 53.7 Å². The van der Waals surface area contributed by atoms with Crippen LogP contribution >= 0.6 is 22.7 Å². The lowest BCUT2D eigenvalue weighted by molar-refractivity contribution is -0.146. The molecule has 0 spiro atoms. The Morgan fingerprint density at radius 1 is 0.824 bits per heavy atom. The van der Waals surface area contributed by atoms with Gasteiger partial charge in [-0.1, -0.05) is 45.0 Å². The van der Waals surface area contributed by atoms with Crippen LogP contribution in [0.5, 0.6) is 28.7 Å². The Labute approximate surface area is 404 Å². The van der Waals surface area contributed by atoms with Gasteiger partial charge in [-0.2, -0.15) is 0 Å². The molecule has 0 bridgehead atoms. The summed E-state index contributed by atoms with van der Waals surface area (Å²) in [5.41, 5.74) is 5.08. The van der Waals surface area contributed by atoms with Gasteiger partial charge in [0, 0.05) is 41.9 Å². The molecule has 0 aliphatic carbocycles. The summed E-state index contributed by atoms with van der Waals surface area (Å²) in [4.78, 5) is 48.3. The van der Waals surface area contributed by atoms with Gasteiger partial charge in [0.05, 0.1) is 67.2 Å². The molecule has 14 nitrogen and oxygen atoms in total.